The van der Waals surface area contributed by atoms with Crippen LogP contribution in [0.15, 0.2) is 65.8 Å². The lowest BCUT2D eigenvalue weighted by Gasteiger charge is -2.11. The summed E-state index contributed by atoms with van der Waals surface area (Å²) in [5.41, 5.74) is 9.35. The fourth-order valence-electron chi connectivity index (χ4n) is 3.81. The van der Waals surface area contributed by atoms with Crippen molar-refractivity contribution in [3.05, 3.63) is 94.3 Å². The summed E-state index contributed by atoms with van der Waals surface area (Å²) in [5, 5.41) is 16.1. The van der Waals surface area contributed by atoms with Crippen LogP contribution < -0.4 is 5.43 Å². The van der Waals surface area contributed by atoms with Crippen molar-refractivity contribution in [2.45, 2.75) is 27.7 Å². The van der Waals surface area contributed by atoms with Crippen molar-refractivity contribution < 1.29 is 9.90 Å². The molecule has 4 rings (SSSR count). The van der Waals surface area contributed by atoms with Gasteiger partial charge < -0.3 is 9.67 Å². The standard InChI is InChI=1S/C26H25N3O2/c1-16-9-10-23(11-17(16)2)29-18(3)12-22(19(29)4)15-27-28-26(31)24-13-20-7-5-6-8-21(20)14-25(24)30/h5-15,30H,1-4H3,(H,28,31)/b27-15-. The van der Waals surface area contributed by atoms with Crippen LogP contribution >= 0.6 is 0 Å². The highest BCUT2D eigenvalue weighted by Crippen LogP contribution is 2.25. The van der Waals surface area contributed by atoms with Gasteiger partial charge in [0.15, 0.2) is 0 Å². The molecule has 0 unspecified atom stereocenters. The molecule has 0 bridgehead atoms. The molecular formula is C26H25N3O2. The number of aryl methyl sites for hydroxylation is 3. The Morgan fingerprint density at radius 2 is 1.65 bits per heavy atom. The SMILES string of the molecule is Cc1ccc(-n2c(C)cc(/C=N\NC(=O)c3cc4ccccc4cc3O)c2C)cc1C. The molecule has 0 spiro atoms. The minimum absolute atomic E-state index is 0.0701. The monoisotopic (exact) mass is 411 g/mol. The van der Waals surface area contributed by atoms with E-state index in [4.69, 9.17) is 0 Å². The lowest BCUT2D eigenvalue weighted by atomic mass is 10.1. The van der Waals surface area contributed by atoms with Crippen molar-refractivity contribution in [2.24, 2.45) is 5.10 Å². The highest BCUT2D eigenvalue weighted by molar-refractivity contribution is 6.01. The molecule has 5 heteroatoms. The van der Waals surface area contributed by atoms with Crippen LogP contribution in [0.25, 0.3) is 16.5 Å². The van der Waals surface area contributed by atoms with Crippen LogP contribution in [0.4, 0.5) is 0 Å². The van der Waals surface area contributed by atoms with E-state index >= 15 is 0 Å². The highest BCUT2D eigenvalue weighted by atomic mass is 16.3. The van der Waals surface area contributed by atoms with E-state index in [-0.39, 0.29) is 11.3 Å². The number of carbonyl (C=O) groups excluding carboxylic acids is 1. The molecule has 31 heavy (non-hydrogen) atoms. The predicted molar refractivity (Wildman–Crippen MR) is 125 cm³/mol. The van der Waals surface area contributed by atoms with Crippen LogP contribution in [-0.2, 0) is 0 Å². The van der Waals surface area contributed by atoms with Crippen molar-refractivity contribution in [1.82, 2.24) is 9.99 Å². The Balaban J connectivity index is 1.56. The molecule has 2 N–H and O–H groups in total. The van der Waals surface area contributed by atoms with Gasteiger partial charge in [0, 0.05) is 22.6 Å². The number of aromatic hydroxyl groups is 1. The molecule has 0 radical (unpaired) electrons. The van der Waals surface area contributed by atoms with Gasteiger partial charge in [0.2, 0.25) is 0 Å². The molecular weight excluding hydrogens is 386 g/mol. The third kappa shape index (κ3) is 3.94. The summed E-state index contributed by atoms with van der Waals surface area (Å²) < 4.78 is 2.17. The first kappa shape index (κ1) is 20.4. The average Bonchev–Trinajstić information content (AvgIpc) is 3.02. The first-order valence-corrected chi connectivity index (χ1v) is 10.2. The number of carbonyl (C=O) groups is 1. The molecule has 0 saturated carbocycles. The molecule has 0 aliphatic carbocycles. The summed E-state index contributed by atoms with van der Waals surface area (Å²) in [6, 6.07) is 19.3. The van der Waals surface area contributed by atoms with Crippen molar-refractivity contribution >= 4 is 22.9 Å². The quantitative estimate of drug-likeness (QED) is 0.352. The predicted octanol–water partition coefficient (Wildman–Crippen LogP) is 5.33. The van der Waals surface area contributed by atoms with Crippen molar-refractivity contribution in [1.29, 1.82) is 0 Å². The van der Waals surface area contributed by atoms with E-state index in [1.807, 2.05) is 44.2 Å². The molecule has 0 saturated heterocycles. The summed E-state index contributed by atoms with van der Waals surface area (Å²) in [7, 11) is 0. The largest absolute Gasteiger partial charge is 0.507 e. The molecule has 1 aromatic heterocycles. The average molecular weight is 412 g/mol. The molecule has 0 atom stereocenters. The van der Waals surface area contributed by atoms with Crippen molar-refractivity contribution in [2.75, 3.05) is 0 Å². The summed E-state index contributed by atoms with van der Waals surface area (Å²) in [5.74, 6) is -0.526. The Morgan fingerprint density at radius 3 is 2.35 bits per heavy atom. The van der Waals surface area contributed by atoms with Crippen LogP contribution in [0.1, 0.15) is 38.4 Å². The summed E-state index contributed by atoms with van der Waals surface area (Å²) in [4.78, 5) is 12.6. The number of rotatable bonds is 4. The molecule has 0 aliphatic heterocycles. The number of nitrogens with zero attached hydrogens (tertiary/aromatic N) is 2. The Hall–Kier alpha value is -3.86. The van der Waals surface area contributed by atoms with Crippen LogP contribution in [0.3, 0.4) is 0 Å². The van der Waals surface area contributed by atoms with Crippen LogP contribution in [0.5, 0.6) is 5.75 Å². The molecule has 4 aromatic rings. The van der Waals surface area contributed by atoms with Gasteiger partial charge in [-0.05, 0) is 79.9 Å². The number of fused-ring (bicyclic) bond motifs is 1. The molecule has 1 amide bonds. The van der Waals surface area contributed by atoms with Gasteiger partial charge in [0.05, 0.1) is 11.8 Å². The second-order valence-corrected chi connectivity index (χ2v) is 7.85. The topological polar surface area (TPSA) is 66.6 Å². The minimum Gasteiger partial charge on any atom is -0.507 e. The zero-order valence-corrected chi connectivity index (χ0v) is 18.1. The maximum Gasteiger partial charge on any atom is 0.275 e. The van der Waals surface area contributed by atoms with Gasteiger partial charge in [-0.3, -0.25) is 4.79 Å². The second-order valence-electron chi connectivity index (χ2n) is 7.85. The van der Waals surface area contributed by atoms with Gasteiger partial charge in [-0.2, -0.15) is 5.10 Å². The van der Waals surface area contributed by atoms with Crippen LogP contribution in [-0.4, -0.2) is 21.8 Å². The van der Waals surface area contributed by atoms with Gasteiger partial charge in [-0.1, -0.05) is 30.3 Å². The Kier molecular flexibility index (Phi) is 5.34. The van der Waals surface area contributed by atoms with E-state index in [0.717, 1.165) is 33.4 Å². The first-order chi connectivity index (χ1) is 14.8. The van der Waals surface area contributed by atoms with Gasteiger partial charge in [0.1, 0.15) is 5.75 Å². The number of phenols is 1. The maximum atomic E-state index is 12.6. The van der Waals surface area contributed by atoms with Gasteiger partial charge in [-0.25, -0.2) is 5.43 Å². The van der Waals surface area contributed by atoms with Crippen LogP contribution in [0.2, 0.25) is 0 Å². The van der Waals surface area contributed by atoms with E-state index < -0.39 is 5.91 Å². The smallest absolute Gasteiger partial charge is 0.275 e. The lowest BCUT2D eigenvalue weighted by molar-refractivity contribution is 0.0952. The number of hydrogen-bond donors (Lipinski definition) is 2. The maximum absolute atomic E-state index is 12.6. The number of benzene rings is 3. The number of amides is 1. The summed E-state index contributed by atoms with van der Waals surface area (Å²) >= 11 is 0. The lowest BCUT2D eigenvalue weighted by Crippen LogP contribution is -2.17. The molecule has 156 valence electrons. The molecule has 0 aliphatic rings. The number of hydrogen-bond acceptors (Lipinski definition) is 3. The van der Waals surface area contributed by atoms with E-state index in [1.54, 1.807) is 18.3 Å². The molecule has 5 nitrogen and oxygen atoms in total. The van der Waals surface area contributed by atoms with E-state index in [0.29, 0.717) is 0 Å². The minimum atomic E-state index is -0.456. The summed E-state index contributed by atoms with van der Waals surface area (Å²) in [6.07, 6.45) is 1.63. The third-order valence-electron chi connectivity index (χ3n) is 5.70. The molecule has 0 fully saturated rings. The normalized spacial score (nSPS) is 11.4. The highest BCUT2D eigenvalue weighted by Gasteiger charge is 2.13. The van der Waals surface area contributed by atoms with Crippen molar-refractivity contribution in [3.63, 3.8) is 0 Å². The number of hydrazone groups is 1. The van der Waals surface area contributed by atoms with E-state index in [1.165, 1.54) is 11.1 Å². The molecule has 1 heterocycles. The number of phenolic OH excluding ortho intramolecular Hbond substituents is 1. The van der Waals surface area contributed by atoms with Crippen molar-refractivity contribution in [3.8, 4) is 11.4 Å². The van der Waals surface area contributed by atoms with Crippen LogP contribution in [0, 0.1) is 27.7 Å². The number of nitrogens with one attached hydrogen (secondary N) is 1. The Bertz CT molecular complexity index is 1330. The summed E-state index contributed by atoms with van der Waals surface area (Å²) in [6.45, 7) is 8.28. The fourth-order valence-corrected chi connectivity index (χ4v) is 3.81. The zero-order chi connectivity index (χ0) is 22.1. The van der Waals surface area contributed by atoms with Gasteiger partial charge in [-0.15, -0.1) is 0 Å². The zero-order valence-electron chi connectivity index (χ0n) is 18.1. The van der Waals surface area contributed by atoms with Gasteiger partial charge >= 0.3 is 0 Å². The van der Waals surface area contributed by atoms with Gasteiger partial charge in [0.25, 0.3) is 5.91 Å². The Labute approximate surface area is 181 Å². The van der Waals surface area contributed by atoms with E-state index in [2.05, 4.69) is 47.1 Å². The fraction of sp³-hybridized carbons (Fsp3) is 0.154. The number of aromatic nitrogens is 1. The second kappa shape index (κ2) is 8.11. The molecule has 3 aromatic carbocycles. The third-order valence-corrected chi connectivity index (χ3v) is 5.70. The van der Waals surface area contributed by atoms with E-state index in [9.17, 15) is 9.90 Å². The first-order valence-electron chi connectivity index (χ1n) is 10.2. The Morgan fingerprint density at radius 1 is 0.935 bits per heavy atom.